The molecule has 25 heavy (non-hydrogen) atoms. The highest BCUT2D eigenvalue weighted by Gasteiger charge is 2.09. The van der Waals surface area contributed by atoms with Crippen molar-refractivity contribution < 1.29 is 9.59 Å². The molecule has 1 aliphatic rings. The molecule has 1 saturated carbocycles. The highest BCUT2D eigenvalue weighted by molar-refractivity contribution is 5.96. The molecule has 3 rings (SSSR count). The van der Waals surface area contributed by atoms with Gasteiger partial charge >= 0.3 is 0 Å². The molecule has 1 fully saturated rings. The van der Waals surface area contributed by atoms with E-state index in [9.17, 15) is 9.59 Å². The van der Waals surface area contributed by atoms with E-state index in [0.717, 1.165) is 31.4 Å². The number of carbonyl (C=O) groups excluding carboxylic acids is 2. The molecule has 0 spiro atoms. The molecule has 0 bridgehead atoms. The third-order valence-electron chi connectivity index (χ3n) is 4.09. The summed E-state index contributed by atoms with van der Waals surface area (Å²) in [4.78, 5) is 27.7. The summed E-state index contributed by atoms with van der Waals surface area (Å²) in [5.74, 6) is -0.461. The lowest BCUT2D eigenvalue weighted by Gasteiger charge is -2.13. The Kier molecular flexibility index (Phi) is 5.56. The van der Waals surface area contributed by atoms with E-state index in [1.165, 1.54) is 18.3 Å². The van der Waals surface area contributed by atoms with E-state index in [1.807, 2.05) is 12.1 Å². The van der Waals surface area contributed by atoms with Gasteiger partial charge in [-0.2, -0.15) is 5.10 Å². The number of amides is 2. The Morgan fingerprint density at radius 3 is 2.56 bits per heavy atom. The molecule has 0 unspecified atom stereocenters. The molecule has 1 aromatic heterocycles. The molecular weight excluding hydrogens is 318 g/mol. The first-order valence-corrected chi connectivity index (χ1v) is 8.43. The van der Waals surface area contributed by atoms with Gasteiger partial charge < -0.3 is 10.6 Å². The lowest BCUT2D eigenvalue weighted by Crippen LogP contribution is -2.32. The van der Waals surface area contributed by atoms with Crippen molar-refractivity contribution in [3.05, 3.63) is 48.6 Å². The van der Waals surface area contributed by atoms with E-state index in [1.54, 1.807) is 29.2 Å². The Bertz CT molecular complexity index is 742. The fraction of sp³-hybridized carbons (Fsp3) is 0.333. The minimum atomic E-state index is -0.260. The van der Waals surface area contributed by atoms with E-state index in [2.05, 4.69) is 20.7 Å². The van der Waals surface area contributed by atoms with Gasteiger partial charge in [0.2, 0.25) is 11.8 Å². The van der Waals surface area contributed by atoms with Gasteiger partial charge in [-0.25, -0.2) is 9.67 Å². The summed E-state index contributed by atoms with van der Waals surface area (Å²) < 4.78 is 1.63. The van der Waals surface area contributed by atoms with Gasteiger partial charge in [-0.05, 0) is 49.9 Å². The molecule has 2 aromatic rings. The molecule has 130 valence electrons. The number of anilines is 1. The van der Waals surface area contributed by atoms with Gasteiger partial charge in [0.25, 0.3) is 0 Å². The molecule has 1 aliphatic carbocycles. The monoisotopic (exact) mass is 339 g/mol. The first-order valence-electron chi connectivity index (χ1n) is 8.43. The maximum atomic E-state index is 11.9. The van der Waals surface area contributed by atoms with Crippen LogP contribution in [-0.4, -0.2) is 33.1 Å². The fourth-order valence-corrected chi connectivity index (χ4v) is 2.80. The number of nitrogens with zero attached hydrogens (tertiary/aromatic N) is 3. The van der Waals surface area contributed by atoms with Gasteiger partial charge in [0.05, 0.1) is 12.2 Å². The Hall–Kier alpha value is -2.96. The van der Waals surface area contributed by atoms with Gasteiger partial charge in [0.15, 0.2) is 0 Å². The second-order valence-corrected chi connectivity index (χ2v) is 6.02. The molecule has 0 saturated heterocycles. The number of hydrogen-bond donors (Lipinski definition) is 2. The van der Waals surface area contributed by atoms with Crippen LogP contribution in [0.2, 0.25) is 0 Å². The van der Waals surface area contributed by atoms with Crippen LogP contribution in [0.5, 0.6) is 0 Å². The molecule has 0 aliphatic heterocycles. The highest BCUT2D eigenvalue weighted by atomic mass is 16.2. The first kappa shape index (κ1) is 16.9. The van der Waals surface area contributed by atoms with Gasteiger partial charge in [-0.1, -0.05) is 12.0 Å². The quantitative estimate of drug-likeness (QED) is 0.818. The van der Waals surface area contributed by atoms with Crippen molar-refractivity contribution in [3.8, 4) is 5.69 Å². The van der Waals surface area contributed by atoms with E-state index >= 15 is 0 Å². The molecule has 2 amide bonds. The maximum Gasteiger partial charge on any atom is 0.244 e. The summed E-state index contributed by atoms with van der Waals surface area (Å²) in [6.07, 6.45) is 10.2. The molecule has 7 nitrogen and oxygen atoms in total. The SMILES string of the molecule is O=C(C=C1CCCCC1)NCC(=O)Nc1ccc(-n2cncn2)cc1. The number of hydrogen-bond acceptors (Lipinski definition) is 4. The second kappa shape index (κ2) is 8.23. The zero-order chi connectivity index (χ0) is 17.5. The van der Waals surface area contributed by atoms with E-state index < -0.39 is 0 Å². The summed E-state index contributed by atoms with van der Waals surface area (Å²) in [6.45, 7) is -0.0482. The number of rotatable bonds is 5. The minimum absolute atomic E-state index is 0.0482. The Labute approximate surface area is 146 Å². The number of allylic oxidation sites excluding steroid dienone is 1. The molecule has 0 atom stereocenters. The highest BCUT2D eigenvalue weighted by Crippen LogP contribution is 2.22. The summed E-state index contributed by atoms with van der Waals surface area (Å²) >= 11 is 0. The van der Waals surface area contributed by atoms with Crippen molar-refractivity contribution in [2.45, 2.75) is 32.1 Å². The van der Waals surface area contributed by atoms with Crippen molar-refractivity contribution >= 4 is 17.5 Å². The van der Waals surface area contributed by atoms with Crippen LogP contribution in [0.15, 0.2) is 48.6 Å². The molecule has 1 aromatic carbocycles. The average molecular weight is 339 g/mol. The van der Waals surface area contributed by atoms with Crippen molar-refractivity contribution in [3.63, 3.8) is 0 Å². The minimum Gasteiger partial charge on any atom is -0.343 e. The van der Waals surface area contributed by atoms with Crippen LogP contribution in [0.4, 0.5) is 5.69 Å². The zero-order valence-electron chi connectivity index (χ0n) is 13.9. The molecule has 0 radical (unpaired) electrons. The maximum absolute atomic E-state index is 11.9. The normalized spacial score (nSPS) is 14.0. The number of carbonyl (C=O) groups is 2. The van der Waals surface area contributed by atoms with Crippen molar-refractivity contribution in [1.29, 1.82) is 0 Å². The van der Waals surface area contributed by atoms with Gasteiger partial charge in [0.1, 0.15) is 12.7 Å². The number of nitrogens with one attached hydrogen (secondary N) is 2. The average Bonchev–Trinajstić information content (AvgIpc) is 3.16. The van der Waals surface area contributed by atoms with Gasteiger partial charge in [-0.3, -0.25) is 9.59 Å². The van der Waals surface area contributed by atoms with Crippen LogP contribution in [0, 0.1) is 0 Å². The van der Waals surface area contributed by atoms with Crippen molar-refractivity contribution in [1.82, 2.24) is 20.1 Å². The predicted octanol–water partition coefficient (Wildman–Crippen LogP) is 2.21. The Morgan fingerprint density at radius 2 is 1.88 bits per heavy atom. The topological polar surface area (TPSA) is 88.9 Å². The summed E-state index contributed by atoms with van der Waals surface area (Å²) in [6, 6.07) is 7.22. The number of benzene rings is 1. The molecule has 1 heterocycles. The summed E-state index contributed by atoms with van der Waals surface area (Å²) in [7, 11) is 0. The second-order valence-electron chi connectivity index (χ2n) is 6.02. The largest absolute Gasteiger partial charge is 0.343 e. The molecule has 2 N–H and O–H groups in total. The molecule has 7 heteroatoms. The third kappa shape index (κ3) is 5.00. The van der Waals surface area contributed by atoms with E-state index in [0.29, 0.717) is 5.69 Å². The van der Waals surface area contributed by atoms with Gasteiger partial charge in [-0.15, -0.1) is 0 Å². The Balaban J connectivity index is 1.46. The van der Waals surface area contributed by atoms with Gasteiger partial charge in [0, 0.05) is 11.8 Å². The smallest absolute Gasteiger partial charge is 0.244 e. The zero-order valence-corrected chi connectivity index (χ0v) is 13.9. The first-order chi connectivity index (χ1) is 12.2. The molecular formula is C18H21N5O2. The van der Waals surface area contributed by atoms with Crippen LogP contribution in [-0.2, 0) is 9.59 Å². The van der Waals surface area contributed by atoms with Crippen LogP contribution in [0.25, 0.3) is 5.69 Å². The standard InChI is InChI=1S/C18H21N5O2/c24-17(10-14-4-2-1-3-5-14)20-11-18(25)22-15-6-8-16(9-7-15)23-13-19-12-21-23/h6-10,12-13H,1-5,11H2,(H,20,24)(H,22,25). The fourth-order valence-electron chi connectivity index (χ4n) is 2.80. The lowest BCUT2D eigenvalue weighted by molar-refractivity contribution is -0.121. The van der Waals surface area contributed by atoms with Crippen molar-refractivity contribution in [2.75, 3.05) is 11.9 Å². The predicted molar refractivity (Wildman–Crippen MR) is 94.2 cm³/mol. The number of aromatic nitrogens is 3. The van der Waals surface area contributed by atoms with Crippen LogP contribution < -0.4 is 10.6 Å². The summed E-state index contributed by atoms with van der Waals surface area (Å²) in [5.41, 5.74) is 2.68. The van der Waals surface area contributed by atoms with Crippen LogP contribution in [0.3, 0.4) is 0 Å². The van der Waals surface area contributed by atoms with E-state index in [-0.39, 0.29) is 18.4 Å². The third-order valence-corrected chi connectivity index (χ3v) is 4.09. The van der Waals surface area contributed by atoms with E-state index in [4.69, 9.17) is 0 Å². The van der Waals surface area contributed by atoms with Crippen molar-refractivity contribution in [2.24, 2.45) is 0 Å². The lowest BCUT2D eigenvalue weighted by atomic mass is 9.95. The van der Waals surface area contributed by atoms with Crippen LogP contribution in [0.1, 0.15) is 32.1 Å². The Morgan fingerprint density at radius 1 is 1.12 bits per heavy atom. The summed E-state index contributed by atoms with van der Waals surface area (Å²) in [5, 5.41) is 9.43. The van der Waals surface area contributed by atoms with Crippen LogP contribution >= 0.6 is 0 Å².